The fourth-order valence-corrected chi connectivity index (χ4v) is 5.17. The Morgan fingerprint density at radius 2 is 2.02 bits per heavy atom. The number of nitrogens with one attached hydrogen (secondary N) is 1. The van der Waals surface area contributed by atoms with Crippen molar-refractivity contribution in [3.05, 3.63) is 86.7 Å². The highest BCUT2D eigenvalue weighted by atomic mass is 79.9. The number of aryl methyl sites for hydroxylation is 1. The number of anilines is 1. The van der Waals surface area contributed by atoms with Gasteiger partial charge in [0.2, 0.25) is 5.95 Å². The van der Waals surface area contributed by atoms with Gasteiger partial charge in [0.1, 0.15) is 5.52 Å². The van der Waals surface area contributed by atoms with E-state index in [-0.39, 0.29) is 40.6 Å². The lowest BCUT2D eigenvalue weighted by Crippen LogP contribution is -2.46. The van der Waals surface area contributed by atoms with Crippen molar-refractivity contribution in [3.8, 4) is 5.69 Å². The minimum Gasteiger partial charge on any atom is -0.349 e. The summed E-state index contributed by atoms with van der Waals surface area (Å²) in [7, 11) is 1.82. The number of nitrogens with zero attached hydrogens (tertiary/aromatic N) is 6. The van der Waals surface area contributed by atoms with Crippen LogP contribution in [-0.4, -0.2) is 47.0 Å². The highest BCUT2D eigenvalue weighted by molar-refractivity contribution is 9.10. The maximum absolute atomic E-state index is 13.9. The van der Waals surface area contributed by atoms with E-state index in [1.807, 2.05) is 14.0 Å². The van der Waals surface area contributed by atoms with Crippen LogP contribution in [0.4, 0.5) is 19.1 Å². The van der Waals surface area contributed by atoms with E-state index in [0.29, 0.717) is 28.1 Å². The number of pyridine rings is 1. The number of carbonyl (C=O) groups excluding carboxylic acids is 1. The maximum atomic E-state index is 13.9. The number of benzene rings is 1. The number of rotatable bonds is 5. The number of amides is 1. The van der Waals surface area contributed by atoms with Crippen LogP contribution in [0.1, 0.15) is 41.0 Å². The van der Waals surface area contributed by atoms with E-state index < -0.39 is 23.7 Å². The molecule has 4 heterocycles. The minimum absolute atomic E-state index is 0.0441. The molecule has 9 nitrogen and oxygen atoms in total. The Bertz CT molecular complexity index is 1710. The zero-order valence-electron chi connectivity index (χ0n) is 21.8. The first-order chi connectivity index (χ1) is 18.9. The van der Waals surface area contributed by atoms with Crippen LogP contribution in [0.3, 0.4) is 0 Å². The minimum atomic E-state index is -4.63. The molecule has 0 saturated carbocycles. The van der Waals surface area contributed by atoms with Gasteiger partial charge in [0.05, 0.1) is 36.0 Å². The summed E-state index contributed by atoms with van der Waals surface area (Å²) in [5.41, 5.74) is 1.13. The molecule has 0 saturated heterocycles. The number of alkyl halides is 3. The second-order valence-corrected chi connectivity index (χ2v) is 10.6. The Morgan fingerprint density at radius 3 is 2.73 bits per heavy atom. The van der Waals surface area contributed by atoms with Gasteiger partial charge in [-0.2, -0.15) is 13.2 Å². The lowest BCUT2D eigenvalue weighted by Gasteiger charge is -2.35. The van der Waals surface area contributed by atoms with Crippen LogP contribution in [0.25, 0.3) is 16.9 Å². The molecule has 0 bridgehead atoms. The summed E-state index contributed by atoms with van der Waals surface area (Å²) in [5, 5.41) is 3.17. The van der Waals surface area contributed by atoms with Gasteiger partial charge in [0, 0.05) is 34.7 Å². The van der Waals surface area contributed by atoms with Crippen LogP contribution in [0.5, 0.6) is 0 Å². The SMILES string of the molecule is C=C[C@H](C)Nc1nc2c(c(=O)n1-c1cnc3c(c1)ncn3C)C[C@@H](C)N(C(=O)c1ccc(Br)c(C(F)(F)F)c1)C2. The van der Waals surface area contributed by atoms with E-state index in [1.165, 1.54) is 21.6 Å². The lowest BCUT2D eigenvalue weighted by molar-refractivity contribution is -0.138. The van der Waals surface area contributed by atoms with E-state index in [9.17, 15) is 22.8 Å². The highest BCUT2D eigenvalue weighted by Gasteiger charge is 2.36. The van der Waals surface area contributed by atoms with Crippen molar-refractivity contribution in [2.75, 3.05) is 5.32 Å². The van der Waals surface area contributed by atoms with Crippen molar-refractivity contribution >= 4 is 38.9 Å². The molecule has 1 aromatic carbocycles. The smallest absolute Gasteiger partial charge is 0.349 e. The molecule has 1 aliphatic rings. The first kappa shape index (κ1) is 27.6. The quantitative estimate of drug-likeness (QED) is 0.322. The van der Waals surface area contributed by atoms with Crippen LogP contribution >= 0.6 is 15.9 Å². The van der Waals surface area contributed by atoms with Crippen molar-refractivity contribution in [2.24, 2.45) is 7.05 Å². The third-order valence-electron chi connectivity index (χ3n) is 6.90. The van der Waals surface area contributed by atoms with Gasteiger partial charge in [-0.3, -0.25) is 9.59 Å². The Hall–Kier alpha value is -4.00. The fourth-order valence-electron chi connectivity index (χ4n) is 4.70. The second kappa shape index (κ2) is 10.2. The van der Waals surface area contributed by atoms with Crippen LogP contribution < -0.4 is 10.9 Å². The number of hydrogen-bond donors (Lipinski definition) is 1. The molecule has 4 aromatic rings. The van der Waals surface area contributed by atoms with Gasteiger partial charge >= 0.3 is 6.18 Å². The van der Waals surface area contributed by atoms with Crippen LogP contribution in [0.15, 0.2) is 58.7 Å². The number of aromatic nitrogens is 5. The third-order valence-corrected chi connectivity index (χ3v) is 7.59. The molecule has 5 rings (SSSR count). The molecule has 0 fully saturated rings. The summed E-state index contributed by atoms with van der Waals surface area (Å²) < 4.78 is 43.5. The van der Waals surface area contributed by atoms with Gasteiger partial charge in [0.15, 0.2) is 5.65 Å². The summed E-state index contributed by atoms with van der Waals surface area (Å²) in [4.78, 5) is 42.3. The molecule has 1 amide bonds. The molecule has 1 N–H and O–H groups in total. The van der Waals surface area contributed by atoms with E-state index >= 15 is 0 Å². The topological polar surface area (TPSA) is 97.9 Å². The Kier molecular flexibility index (Phi) is 7.02. The fraction of sp³-hybridized carbons (Fsp3) is 0.296. The molecular formula is C27H25BrF3N7O2. The van der Waals surface area contributed by atoms with Crippen LogP contribution in [0, 0.1) is 0 Å². The van der Waals surface area contributed by atoms with Gasteiger partial charge in [0.25, 0.3) is 11.5 Å². The van der Waals surface area contributed by atoms with Crippen molar-refractivity contribution in [3.63, 3.8) is 0 Å². The molecule has 1 aliphatic heterocycles. The third kappa shape index (κ3) is 4.89. The predicted molar refractivity (Wildman–Crippen MR) is 147 cm³/mol. The molecule has 2 atom stereocenters. The molecule has 0 unspecified atom stereocenters. The van der Waals surface area contributed by atoms with Crippen molar-refractivity contribution in [2.45, 2.75) is 45.1 Å². The van der Waals surface area contributed by atoms with Gasteiger partial charge < -0.3 is 14.8 Å². The molecule has 0 radical (unpaired) electrons. The highest BCUT2D eigenvalue weighted by Crippen LogP contribution is 2.36. The molecule has 3 aromatic heterocycles. The Labute approximate surface area is 235 Å². The molecule has 0 spiro atoms. The van der Waals surface area contributed by atoms with Crippen molar-refractivity contribution in [1.29, 1.82) is 0 Å². The van der Waals surface area contributed by atoms with Gasteiger partial charge in [-0.1, -0.05) is 22.0 Å². The first-order valence-electron chi connectivity index (χ1n) is 12.4. The second-order valence-electron chi connectivity index (χ2n) is 9.74. The Morgan fingerprint density at radius 1 is 1.27 bits per heavy atom. The molecular weight excluding hydrogens is 591 g/mol. The summed E-state index contributed by atoms with van der Waals surface area (Å²) in [6.45, 7) is 7.33. The zero-order chi connectivity index (χ0) is 28.9. The van der Waals surface area contributed by atoms with Gasteiger partial charge in [-0.05, 0) is 44.5 Å². The van der Waals surface area contributed by atoms with E-state index in [4.69, 9.17) is 4.98 Å². The lowest BCUT2D eigenvalue weighted by atomic mass is 9.98. The van der Waals surface area contributed by atoms with E-state index in [0.717, 1.165) is 6.07 Å². The number of imidazole rings is 1. The largest absolute Gasteiger partial charge is 0.417 e. The summed E-state index contributed by atoms with van der Waals surface area (Å²) in [5.74, 6) is -0.362. The van der Waals surface area contributed by atoms with Gasteiger partial charge in [-0.15, -0.1) is 6.58 Å². The number of carbonyl (C=O) groups is 1. The average Bonchev–Trinajstić information content (AvgIpc) is 3.28. The number of halogens is 4. The monoisotopic (exact) mass is 615 g/mol. The predicted octanol–water partition coefficient (Wildman–Crippen LogP) is 4.87. The van der Waals surface area contributed by atoms with Crippen LogP contribution in [-0.2, 0) is 26.2 Å². The standard InChI is InChI=1S/C27H25BrF3N7O2/c1-5-14(2)34-26-35-22-12-37(24(39)16-6-7-20(28)19(9-16)27(29,30)31)15(3)8-18(22)25(40)38(26)17-10-21-23(32-11-17)36(4)13-33-21/h5-7,9-11,13-15H,1,8,12H2,2-4H3,(H,34,35)/t14-,15+/m0/s1. The summed E-state index contributed by atoms with van der Waals surface area (Å²) >= 11 is 2.91. The maximum Gasteiger partial charge on any atom is 0.417 e. The Balaban J connectivity index is 1.58. The normalized spacial score (nSPS) is 16.1. The van der Waals surface area contributed by atoms with Gasteiger partial charge in [-0.25, -0.2) is 19.5 Å². The number of fused-ring (bicyclic) bond motifs is 2. The summed E-state index contributed by atoms with van der Waals surface area (Å²) in [6, 6.07) is 4.40. The molecule has 208 valence electrons. The van der Waals surface area contributed by atoms with E-state index in [1.54, 1.807) is 36.2 Å². The van der Waals surface area contributed by atoms with E-state index in [2.05, 4.69) is 37.8 Å². The van der Waals surface area contributed by atoms with Crippen LogP contribution in [0.2, 0.25) is 0 Å². The zero-order valence-corrected chi connectivity index (χ0v) is 23.4. The van der Waals surface area contributed by atoms with Crippen molar-refractivity contribution < 1.29 is 18.0 Å². The first-order valence-corrected chi connectivity index (χ1v) is 13.2. The number of hydrogen-bond acceptors (Lipinski definition) is 6. The average molecular weight is 616 g/mol. The molecule has 13 heteroatoms. The van der Waals surface area contributed by atoms with Crippen molar-refractivity contribution in [1.82, 2.24) is 29.0 Å². The summed E-state index contributed by atoms with van der Waals surface area (Å²) in [6.07, 6.45) is 0.394. The molecule has 40 heavy (non-hydrogen) atoms. The molecule has 0 aliphatic carbocycles.